The Balaban J connectivity index is 0. The van der Waals surface area contributed by atoms with Gasteiger partial charge in [0.15, 0.2) is 0 Å². The van der Waals surface area contributed by atoms with Crippen LogP contribution in [0.15, 0.2) is 0 Å². The van der Waals surface area contributed by atoms with Gasteiger partial charge in [-0.15, -0.1) is 0 Å². The van der Waals surface area contributed by atoms with Crippen LogP contribution >= 0.6 is 0 Å². The fraction of sp³-hybridized carbons (Fsp3) is 1.00. The maximum absolute atomic E-state index is 11.5. The normalized spacial score (nSPS) is 14.4. The molecule has 0 aromatic heterocycles. The van der Waals surface area contributed by atoms with E-state index >= 15 is 0 Å². The first-order chi connectivity index (χ1) is 6.21. The summed E-state index contributed by atoms with van der Waals surface area (Å²) < 4.78 is 108. The molecule has 0 saturated heterocycles. The van der Waals surface area contributed by atoms with E-state index in [2.05, 4.69) is 0 Å². The van der Waals surface area contributed by atoms with Crippen LogP contribution in [0.25, 0.3) is 0 Å². The summed E-state index contributed by atoms with van der Waals surface area (Å²) in [4.78, 5) is 0. The first-order valence-corrected chi connectivity index (χ1v) is 5.58. The van der Waals surface area contributed by atoms with E-state index in [1.807, 2.05) is 0 Å². The molecule has 1 N–H and O–H groups in total. The van der Waals surface area contributed by atoms with Crippen LogP contribution in [-0.2, 0) is 42.4 Å². The molecule has 0 fully saturated rings. The van der Waals surface area contributed by atoms with Crippen molar-refractivity contribution < 1.29 is 65.6 Å². The molecule has 14 heteroatoms. The molecule has 0 saturated carbocycles. The topological polar surface area (TPSA) is 80.3 Å². The molecule has 0 radical (unpaired) electrons. The fourth-order valence-electron chi connectivity index (χ4n) is 0.239. The van der Waals surface area contributed by atoms with Gasteiger partial charge in [0.05, 0.1) is 0 Å². The quantitative estimate of drug-likeness (QED) is 0.544. The molecule has 0 aliphatic heterocycles. The number of halogens is 6. The summed E-state index contributed by atoms with van der Waals surface area (Å²) in [6, 6.07) is 0. The SMILES string of the molecule is O=S(=O)(NS(=O)(=O)C(F)(F)F)C(F)(F)F.[Ag+]. The standard InChI is InChI=1S/C2HF6NO4S2.Ag/c3-1(4,5)14(10,11)9-15(12,13)2(6,7)8;/h9H;/q;+1. The Morgan fingerprint density at radius 2 is 0.875 bits per heavy atom. The number of sulfonamides is 2. The molecule has 0 amide bonds. The van der Waals surface area contributed by atoms with Gasteiger partial charge in [-0.1, -0.05) is 4.13 Å². The van der Waals surface area contributed by atoms with Crippen LogP contribution in [-0.4, -0.2) is 27.9 Å². The Morgan fingerprint density at radius 3 is 1.00 bits per heavy atom. The molecule has 0 aromatic rings. The summed E-state index contributed by atoms with van der Waals surface area (Å²) in [6.07, 6.45) is 0. The zero-order valence-electron chi connectivity index (χ0n) is 6.52. The third kappa shape index (κ3) is 4.21. The molecule has 0 atom stereocenters. The van der Waals surface area contributed by atoms with Crippen molar-refractivity contribution in [2.45, 2.75) is 11.0 Å². The maximum Gasteiger partial charge on any atom is 1.00 e. The summed E-state index contributed by atoms with van der Waals surface area (Å²) in [5, 5.41) is 0. The number of alkyl halides is 6. The number of hydrogen-bond donors (Lipinski definition) is 1. The molecule has 0 unspecified atom stereocenters. The Morgan fingerprint density at radius 1 is 0.688 bits per heavy atom. The smallest absolute Gasteiger partial charge is 0.202 e. The summed E-state index contributed by atoms with van der Waals surface area (Å²) in [6.45, 7) is 0. The molecule has 0 bridgehead atoms. The van der Waals surface area contributed by atoms with Crippen molar-refractivity contribution in [1.29, 1.82) is 0 Å². The monoisotopic (exact) mass is 388 g/mol. The van der Waals surface area contributed by atoms with Crippen molar-refractivity contribution in [3.05, 3.63) is 0 Å². The Labute approximate surface area is 101 Å². The van der Waals surface area contributed by atoms with E-state index < -0.39 is 35.2 Å². The van der Waals surface area contributed by atoms with E-state index in [4.69, 9.17) is 0 Å². The van der Waals surface area contributed by atoms with Gasteiger partial charge in [-0.2, -0.15) is 26.3 Å². The first-order valence-electron chi connectivity index (χ1n) is 2.62. The van der Waals surface area contributed by atoms with Crippen LogP contribution in [0.1, 0.15) is 0 Å². The van der Waals surface area contributed by atoms with Gasteiger partial charge >= 0.3 is 53.4 Å². The van der Waals surface area contributed by atoms with E-state index in [1.54, 1.807) is 0 Å². The van der Waals surface area contributed by atoms with Crippen LogP contribution in [0, 0.1) is 0 Å². The van der Waals surface area contributed by atoms with E-state index in [-0.39, 0.29) is 22.4 Å². The molecule has 0 aliphatic carbocycles. The van der Waals surface area contributed by atoms with E-state index in [9.17, 15) is 43.2 Å². The number of rotatable bonds is 2. The third-order valence-corrected chi connectivity index (χ3v) is 3.80. The summed E-state index contributed by atoms with van der Waals surface area (Å²) in [7, 11) is -13.2. The van der Waals surface area contributed by atoms with Crippen molar-refractivity contribution in [1.82, 2.24) is 4.13 Å². The van der Waals surface area contributed by atoms with Crippen LogP contribution in [0.3, 0.4) is 0 Å². The van der Waals surface area contributed by atoms with Crippen LogP contribution in [0.4, 0.5) is 26.3 Å². The van der Waals surface area contributed by atoms with Crippen molar-refractivity contribution >= 4 is 20.0 Å². The molecule has 0 aliphatic rings. The molecule has 0 heterocycles. The van der Waals surface area contributed by atoms with Gasteiger partial charge in [-0.25, -0.2) is 16.8 Å². The first kappa shape index (κ1) is 18.5. The van der Waals surface area contributed by atoms with E-state index in [0.717, 1.165) is 0 Å². The van der Waals surface area contributed by atoms with Crippen molar-refractivity contribution in [3.8, 4) is 0 Å². The fourth-order valence-corrected chi connectivity index (χ4v) is 2.15. The molecule has 16 heavy (non-hydrogen) atoms. The van der Waals surface area contributed by atoms with Gasteiger partial charge in [0.25, 0.3) is 0 Å². The summed E-state index contributed by atoms with van der Waals surface area (Å²) >= 11 is 0. The second kappa shape index (κ2) is 4.81. The minimum atomic E-state index is -6.60. The number of nitrogens with one attached hydrogen (secondary N) is 1. The molecule has 5 nitrogen and oxygen atoms in total. The van der Waals surface area contributed by atoms with Crippen LogP contribution in [0.2, 0.25) is 0 Å². The van der Waals surface area contributed by atoms with Gasteiger partial charge < -0.3 is 0 Å². The van der Waals surface area contributed by atoms with Crippen molar-refractivity contribution in [3.63, 3.8) is 0 Å². The molecule has 0 spiro atoms. The van der Waals surface area contributed by atoms with E-state index in [1.165, 1.54) is 0 Å². The largest absolute Gasteiger partial charge is 1.00 e. The minimum absolute atomic E-state index is 0. The zero-order valence-corrected chi connectivity index (χ0v) is 9.63. The molecule has 0 aromatic carbocycles. The van der Waals surface area contributed by atoms with Gasteiger partial charge in [0, 0.05) is 0 Å². The predicted octanol–water partition coefficient (Wildman–Crippen LogP) is 0.273. The van der Waals surface area contributed by atoms with Crippen molar-refractivity contribution in [2.75, 3.05) is 0 Å². The Bertz CT molecular complexity index is 390. The maximum atomic E-state index is 11.5. The molecule has 0 rings (SSSR count). The van der Waals surface area contributed by atoms with Gasteiger partial charge in [0.1, 0.15) is 0 Å². The summed E-state index contributed by atoms with van der Waals surface area (Å²) in [5.41, 5.74) is -12.3. The van der Waals surface area contributed by atoms with Crippen molar-refractivity contribution in [2.24, 2.45) is 0 Å². The molecule has 102 valence electrons. The van der Waals surface area contributed by atoms with Crippen LogP contribution < -0.4 is 4.13 Å². The molecular weight excluding hydrogens is 388 g/mol. The van der Waals surface area contributed by atoms with Crippen LogP contribution in [0.5, 0.6) is 0 Å². The Kier molecular flexibility index (Phi) is 5.58. The second-order valence-corrected chi connectivity index (χ2v) is 5.59. The second-order valence-electron chi connectivity index (χ2n) is 1.98. The van der Waals surface area contributed by atoms with Gasteiger partial charge in [-0.05, 0) is 0 Å². The minimum Gasteiger partial charge on any atom is -0.202 e. The number of hydrogen-bond acceptors (Lipinski definition) is 4. The summed E-state index contributed by atoms with van der Waals surface area (Å²) in [5.74, 6) is 0. The zero-order chi connectivity index (χ0) is 12.7. The van der Waals surface area contributed by atoms with Gasteiger partial charge in [-0.3, -0.25) is 0 Å². The third-order valence-electron chi connectivity index (χ3n) is 0.829. The molecular formula is C2HAgF6NO4S2+. The van der Waals surface area contributed by atoms with Gasteiger partial charge in [0.2, 0.25) is 0 Å². The average Bonchev–Trinajstić information content (AvgIpc) is 1.77. The average molecular weight is 389 g/mol. The van der Waals surface area contributed by atoms with E-state index in [0.29, 0.717) is 0 Å². The predicted molar refractivity (Wildman–Crippen MR) is 33.1 cm³/mol. The Hall–Kier alpha value is 0.180.